The Hall–Kier alpha value is -0.120. The van der Waals surface area contributed by atoms with E-state index in [1.807, 2.05) is 0 Å². The first-order valence-electron chi connectivity index (χ1n) is 6.19. The molecule has 0 aliphatic carbocycles. The number of hydrogen-bond donors (Lipinski definition) is 1. The summed E-state index contributed by atoms with van der Waals surface area (Å²) in [6, 6.07) is 0. The molecule has 0 spiro atoms. The first-order valence-corrected chi connectivity index (χ1v) is 6.19. The third-order valence-electron chi connectivity index (χ3n) is 2.27. The Bertz CT molecular complexity index is 97.8. The van der Waals surface area contributed by atoms with Crippen LogP contribution in [0, 0.1) is 0 Å². The second-order valence-electron chi connectivity index (χ2n) is 3.77. The van der Waals surface area contributed by atoms with E-state index in [4.69, 9.17) is 9.47 Å². The van der Waals surface area contributed by atoms with Crippen LogP contribution in [0.5, 0.6) is 0 Å². The molecular formula is C12H27NO2. The number of hydrogen-bond acceptors (Lipinski definition) is 3. The third kappa shape index (κ3) is 13.9. The van der Waals surface area contributed by atoms with Crippen molar-refractivity contribution in [2.45, 2.75) is 39.0 Å². The summed E-state index contributed by atoms with van der Waals surface area (Å²) in [4.78, 5) is 0. The van der Waals surface area contributed by atoms with Crippen molar-refractivity contribution >= 4 is 0 Å². The van der Waals surface area contributed by atoms with Gasteiger partial charge in [-0.2, -0.15) is 0 Å². The standard InChI is InChI=1S/C12H27NO2/c1-3-4-5-6-8-13-9-12-15-11-7-10-14-2/h13H,3-12H2,1-2H3. The van der Waals surface area contributed by atoms with Crippen LogP contribution < -0.4 is 5.32 Å². The summed E-state index contributed by atoms with van der Waals surface area (Å²) in [5, 5.41) is 3.38. The van der Waals surface area contributed by atoms with E-state index < -0.39 is 0 Å². The molecule has 0 radical (unpaired) electrons. The molecule has 3 nitrogen and oxygen atoms in total. The zero-order chi connectivity index (χ0) is 11.2. The summed E-state index contributed by atoms with van der Waals surface area (Å²) in [5.74, 6) is 0. The average Bonchev–Trinajstić information content (AvgIpc) is 2.26. The Morgan fingerprint density at radius 3 is 2.47 bits per heavy atom. The van der Waals surface area contributed by atoms with Gasteiger partial charge >= 0.3 is 0 Å². The fourth-order valence-corrected chi connectivity index (χ4v) is 1.35. The molecule has 0 saturated carbocycles. The van der Waals surface area contributed by atoms with E-state index in [9.17, 15) is 0 Å². The fraction of sp³-hybridized carbons (Fsp3) is 1.00. The molecule has 0 saturated heterocycles. The highest BCUT2D eigenvalue weighted by molar-refractivity contribution is 4.48. The molecule has 3 heteroatoms. The maximum absolute atomic E-state index is 5.42. The molecule has 0 atom stereocenters. The molecule has 0 aromatic rings. The van der Waals surface area contributed by atoms with Gasteiger partial charge in [0, 0.05) is 26.9 Å². The van der Waals surface area contributed by atoms with E-state index in [2.05, 4.69) is 12.2 Å². The molecule has 0 fully saturated rings. The lowest BCUT2D eigenvalue weighted by Crippen LogP contribution is -2.21. The van der Waals surface area contributed by atoms with Crippen molar-refractivity contribution in [1.82, 2.24) is 5.32 Å². The van der Waals surface area contributed by atoms with Gasteiger partial charge in [0.25, 0.3) is 0 Å². The monoisotopic (exact) mass is 217 g/mol. The lowest BCUT2D eigenvalue weighted by atomic mass is 10.2. The van der Waals surface area contributed by atoms with Crippen molar-refractivity contribution in [1.29, 1.82) is 0 Å². The largest absolute Gasteiger partial charge is 0.385 e. The van der Waals surface area contributed by atoms with Gasteiger partial charge in [-0.3, -0.25) is 0 Å². The number of nitrogens with one attached hydrogen (secondary N) is 1. The van der Waals surface area contributed by atoms with Crippen LogP contribution in [0.1, 0.15) is 39.0 Å². The summed E-state index contributed by atoms with van der Waals surface area (Å²) in [7, 11) is 1.72. The number of unbranched alkanes of at least 4 members (excludes halogenated alkanes) is 3. The summed E-state index contributed by atoms with van der Waals surface area (Å²) in [6.07, 6.45) is 6.29. The van der Waals surface area contributed by atoms with Gasteiger partial charge < -0.3 is 14.8 Å². The molecule has 0 unspecified atom stereocenters. The van der Waals surface area contributed by atoms with Crippen LogP contribution in [0.25, 0.3) is 0 Å². The molecular weight excluding hydrogens is 190 g/mol. The van der Waals surface area contributed by atoms with Gasteiger partial charge in [0.2, 0.25) is 0 Å². The van der Waals surface area contributed by atoms with E-state index in [0.29, 0.717) is 0 Å². The highest BCUT2D eigenvalue weighted by Crippen LogP contribution is 1.96. The molecule has 0 amide bonds. The first kappa shape index (κ1) is 14.9. The molecule has 0 aliphatic rings. The maximum atomic E-state index is 5.42. The predicted octanol–water partition coefficient (Wildman–Crippen LogP) is 2.21. The molecule has 0 aliphatic heterocycles. The van der Waals surface area contributed by atoms with Crippen LogP contribution in [-0.2, 0) is 9.47 Å². The number of rotatable bonds is 12. The quantitative estimate of drug-likeness (QED) is 0.508. The van der Waals surface area contributed by atoms with Crippen LogP contribution in [-0.4, -0.2) is 40.0 Å². The van der Waals surface area contributed by atoms with E-state index in [1.165, 1.54) is 25.7 Å². The number of ether oxygens (including phenoxy) is 2. The Balaban J connectivity index is 2.81. The topological polar surface area (TPSA) is 30.5 Å². The maximum Gasteiger partial charge on any atom is 0.0590 e. The summed E-state index contributed by atoms with van der Waals surface area (Å²) >= 11 is 0. The van der Waals surface area contributed by atoms with Crippen LogP contribution >= 0.6 is 0 Å². The fourth-order valence-electron chi connectivity index (χ4n) is 1.35. The molecule has 0 aromatic carbocycles. The summed E-state index contributed by atoms with van der Waals surface area (Å²) < 4.78 is 10.3. The van der Waals surface area contributed by atoms with E-state index >= 15 is 0 Å². The van der Waals surface area contributed by atoms with Gasteiger partial charge in [0.05, 0.1) is 6.61 Å². The van der Waals surface area contributed by atoms with E-state index in [1.54, 1.807) is 7.11 Å². The number of methoxy groups -OCH3 is 1. The van der Waals surface area contributed by atoms with E-state index in [-0.39, 0.29) is 0 Å². The Kier molecular flexibility index (Phi) is 13.8. The van der Waals surface area contributed by atoms with Crippen LogP contribution in [0.3, 0.4) is 0 Å². The Morgan fingerprint density at radius 1 is 0.867 bits per heavy atom. The van der Waals surface area contributed by atoms with E-state index in [0.717, 1.165) is 39.3 Å². The smallest absolute Gasteiger partial charge is 0.0590 e. The van der Waals surface area contributed by atoms with Gasteiger partial charge in [-0.05, 0) is 19.4 Å². The third-order valence-corrected chi connectivity index (χ3v) is 2.27. The minimum Gasteiger partial charge on any atom is -0.385 e. The minimum atomic E-state index is 0.796. The minimum absolute atomic E-state index is 0.796. The van der Waals surface area contributed by atoms with Crippen molar-refractivity contribution in [3.05, 3.63) is 0 Å². The first-order chi connectivity index (χ1) is 7.41. The second kappa shape index (κ2) is 13.9. The van der Waals surface area contributed by atoms with Gasteiger partial charge in [-0.25, -0.2) is 0 Å². The zero-order valence-corrected chi connectivity index (χ0v) is 10.4. The van der Waals surface area contributed by atoms with Crippen molar-refractivity contribution in [2.75, 3.05) is 40.0 Å². The van der Waals surface area contributed by atoms with Crippen molar-refractivity contribution in [3.8, 4) is 0 Å². The van der Waals surface area contributed by atoms with Crippen molar-refractivity contribution in [3.63, 3.8) is 0 Å². The summed E-state index contributed by atoms with van der Waals surface area (Å²) in [5.41, 5.74) is 0. The zero-order valence-electron chi connectivity index (χ0n) is 10.4. The average molecular weight is 217 g/mol. The summed E-state index contributed by atoms with van der Waals surface area (Å²) in [6.45, 7) is 6.76. The predicted molar refractivity (Wildman–Crippen MR) is 64.3 cm³/mol. The van der Waals surface area contributed by atoms with Crippen LogP contribution in [0.2, 0.25) is 0 Å². The van der Waals surface area contributed by atoms with Gasteiger partial charge in [-0.1, -0.05) is 26.2 Å². The van der Waals surface area contributed by atoms with Gasteiger partial charge in [-0.15, -0.1) is 0 Å². The van der Waals surface area contributed by atoms with Crippen LogP contribution in [0.4, 0.5) is 0 Å². The SMILES string of the molecule is CCCCCCNCCOCCCOC. The highest BCUT2D eigenvalue weighted by Gasteiger charge is 1.90. The highest BCUT2D eigenvalue weighted by atomic mass is 16.5. The Labute approximate surface area is 94.5 Å². The van der Waals surface area contributed by atoms with Crippen molar-refractivity contribution < 1.29 is 9.47 Å². The molecule has 0 heterocycles. The Morgan fingerprint density at radius 2 is 1.73 bits per heavy atom. The molecule has 0 aromatic heterocycles. The van der Waals surface area contributed by atoms with Crippen LogP contribution in [0.15, 0.2) is 0 Å². The second-order valence-corrected chi connectivity index (χ2v) is 3.77. The normalized spacial score (nSPS) is 10.8. The lowest BCUT2D eigenvalue weighted by molar-refractivity contribution is 0.104. The molecule has 1 N–H and O–H groups in total. The molecule has 0 bridgehead atoms. The van der Waals surface area contributed by atoms with Gasteiger partial charge in [0.1, 0.15) is 0 Å². The van der Waals surface area contributed by atoms with Gasteiger partial charge in [0.15, 0.2) is 0 Å². The molecule has 92 valence electrons. The molecule has 0 rings (SSSR count). The van der Waals surface area contributed by atoms with Crippen molar-refractivity contribution in [2.24, 2.45) is 0 Å². The molecule has 15 heavy (non-hydrogen) atoms. The lowest BCUT2D eigenvalue weighted by Gasteiger charge is -2.05.